The fourth-order valence-electron chi connectivity index (χ4n) is 1.10. The van der Waals surface area contributed by atoms with Gasteiger partial charge in [-0.2, -0.15) is 5.10 Å². The van der Waals surface area contributed by atoms with Crippen molar-refractivity contribution in [3.8, 4) is 5.75 Å². The van der Waals surface area contributed by atoms with E-state index in [0.29, 0.717) is 5.75 Å². The second-order valence-electron chi connectivity index (χ2n) is 3.45. The Morgan fingerprint density at radius 2 is 2.35 bits per heavy atom. The minimum atomic E-state index is -0.268. The van der Waals surface area contributed by atoms with E-state index in [1.807, 2.05) is 26.0 Å². The summed E-state index contributed by atoms with van der Waals surface area (Å²) in [5.41, 5.74) is 3.44. The second-order valence-corrected chi connectivity index (χ2v) is 4.31. The predicted octanol–water partition coefficient (Wildman–Crippen LogP) is 2.65. The molecule has 0 saturated carbocycles. The maximum atomic E-state index is 11.3. The molecular formula is C12H15BrN2O2. The Kier molecular flexibility index (Phi) is 5.69. The van der Waals surface area contributed by atoms with E-state index in [0.717, 1.165) is 16.5 Å². The number of carbonyl (C=O) groups is 1. The SMILES string of the molecule is CC/C=N/NC(=O)COc1ccc(Br)c(C)c1. The van der Waals surface area contributed by atoms with Crippen molar-refractivity contribution >= 4 is 28.1 Å². The maximum Gasteiger partial charge on any atom is 0.277 e. The first-order chi connectivity index (χ1) is 8.13. The summed E-state index contributed by atoms with van der Waals surface area (Å²) in [5, 5.41) is 3.72. The van der Waals surface area contributed by atoms with E-state index in [1.165, 1.54) is 0 Å². The van der Waals surface area contributed by atoms with E-state index in [9.17, 15) is 4.79 Å². The number of nitrogens with one attached hydrogen (secondary N) is 1. The van der Waals surface area contributed by atoms with Gasteiger partial charge in [0.25, 0.3) is 5.91 Å². The van der Waals surface area contributed by atoms with Crippen LogP contribution >= 0.6 is 15.9 Å². The van der Waals surface area contributed by atoms with Gasteiger partial charge in [0, 0.05) is 10.7 Å². The first kappa shape index (κ1) is 13.7. The van der Waals surface area contributed by atoms with Gasteiger partial charge in [0.15, 0.2) is 6.61 Å². The van der Waals surface area contributed by atoms with Gasteiger partial charge in [-0.15, -0.1) is 0 Å². The minimum Gasteiger partial charge on any atom is -0.484 e. The number of carbonyl (C=O) groups excluding carboxylic acids is 1. The zero-order valence-electron chi connectivity index (χ0n) is 9.87. The summed E-state index contributed by atoms with van der Waals surface area (Å²) >= 11 is 3.40. The van der Waals surface area contributed by atoms with Crippen molar-refractivity contribution in [2.75, 3.05) is 6.61 Å². The number of amides is 1. The van der Waals surface area contributed by atoms with E-state index in [2.05, 4.69) is 26.5 Å². The molecule has 0 aliphatic carbocycles. The van der Waals surface area contributed by atoms with E-state index in [-0.39, 0.29) is 12.5 Å². The zero-order chi connectivity index (χ0) is 12.7. The van der Waals surface area contributed by atoms with Crippen LogP contribution in [0.3, 0.4) is 0 Å². The van der Waals surface area contributed by atoms with Gasteiger partial charge in [-0.05, 0) is 37.1 Å². The Bertz CT molecular complexity index is 419. The lowest BCUT2D eigenvalue weighted by Gasteiger charge is -2.06. The number of nitrogens with zero attached hydrogens (tertiary/aromatic N) is 1. The van der Waals surface area contributed by atoms with Crippen molar-refractivity contribution in [2.45, 2.75) is 20.3 Å². The van der Waals surface area contributed by atoms with Crippen LogP contribution in [0.1, 0.15) is 18.9 Å². The molecule has 1 aromatic carbocycles. The van der Waals surface area contributed by atoms with Crippen molar-refractivity contribution in [1.82, 2.24) is 5.43 Å². The summed E-state index contributed by atoms with van der Waals surface area (Å²) in [6.45, 7) is 3.86. The predicted molar refractivity (Wildman–Crippen MR) is 71.3 cm³/mol. The molecule has 0 saturated heterocycles. The van der Waals surface area contributed by atoms with Crippen molar-refractivity contribution in [3.63, 3.8) is 0 Å². The van der Waals surface area contributed by atoms with Gasteiger partial charge in [-0.25, -0.2) is 5.43 Å². The van der Waals surface area contributed by atoms with E-state index in [1.54, 1.807) is 12.3 Å². The average molecular weight is 299 g/mol. The standard InChI is InChI=1S/C12H15BrN2O2/c1-3-6-14-15-12(16)8-17-10-4-5-11(13)9(2)7-10/h4-7H,3,8H2,1-2H3,(H,15,16)/b14-6+. The molecule has 1 amide bonds. The van der Waals surface area contributed by atoms with Gasteiger partial charge in [0.2, 0.25) is 0 Å². The molecular weight excluding hydrogens is 284 g/mol. The monoisotopic (exact) mass is 298 g/mol. The van der Waals surface area contributed by atoms with Crippen LogP contribution in [0.25, 0.3) is 0 Å². The number of aryl methyl sites for hydroxylation is 1. The maximum absolute atomic E-state index is 11.3. The number of hydrogen-bond donors (Lipinski definition) is 1. The first-order valence-electron chi connectivity index (χ1n) is 5.32. The Morgan fingerprint density at radius 1 is 1.59 bits per heavy atom. The van der Waals surface area contributed by atoms with Crippen LogP contribution in [0.2, 0.25) is 0 Å². The van der Waals surface area contributed by atoms with Crippen LogP contribution in [0.5, 0.6) is 5.75 Å². The third-order valence-corrected chi connectivity index (χ3v) is 2.85. The molecule has 1 N–H and O–H groups in total. The molecule has 0 aromatic heterocycles. The Morgan fingerprint density at radius 3 is 3.00 bits per heavy atom. The van der Waals surface area contributed by atoms with Crippen LogP contribution in [0.15, 0.2) is 27.8 Å². The van der Waals surface area contributed by atoms with E-state index in [4.69, 9.17) is 4.74 Å². The van der Waals surface area contributed by atoms with Crippen LogP contribution in [-0.2, 0) is 4.79 Å². The van der Waals surface area contributed by atoms with Crippen molar-refractivity contribution in [3.05, 3.63) is 28.2 Å². The summed E-state index contributed by atoms with van der Waals surface area (Å²) in [6, 6.07) is 5.56. The molecule has 0 spiro atoms. The molecule has 0 aliphatic heterocycles. The molecule has 1 aromatic rings. The molecule has 0 bridgehead atoms. The summed E-state index contributed by atoms with van der Waals surface area (Å²) in [6.07, 6.45) is 2.41. The largest absolute Gasteiger partial charge is 0.484 e. The van der Waals surface area contributed by atoms with Crippen LogP contribution in [0.4, 0.5) is 0 Å². The van der Waals surface area contributed by atoms with Gasteiger partial charge in [0.1, 0.15) is 5.75 Å². The molecule has 0 heterocycles. The number of rotatable bonds is 5. The molecule has 0 unspecified atom stereocenters. The number of benzene rings is 1. The summed E-state index contributed by atoms with van der Waals surface area (Å²) < 4.78 is 6.34. The molecule has 1 rings (SSSR count). The summed E-state index contributed by atoms with van der Waals surface area (Å²) in [7, 11) is 0. The molecule has 0 atom stereocenters. The Hall–Kier alpha value is -1.36. The lowest BCUT2D eigenvalue weighted by atomic mass is 10.2. The fraction of sp³-hybridized carbons (Fsp3) is 0.333. The molecule has 0 aliphatic rings. The van der Waals surface area contributed by atoms with Crippen LogP contribution < -0.4 is 10.2 Å². The van der Waals surface area contributed by atoms with Crippen LogP contribution in [-0.4, -0.2) is 18.7 Å². The summed E-state index contributed by atoms with van der Waals surface area (Å²) in [5.74, 6) is 0.399. The van der Waals surface area contributed by atoms with E-state index >= 15 is 0 Å². The third kappa shape index (κ3) is 4.99. The minimum absolute atomic E-state index is 0.0396. The van der Waals surface area contributed by atoms with Gasteiger partial charge in [0.05, 0.1) is 0 Å². The first-order valence-corrected chi connectivity index (χ1v) is 6.12. The molecule has 0 fully saturated rings. The van der Waals surface area contributed by atoms with Crippen molar-refractivity contribution < 1.29 is 9.53 Å². The Balaban J connectivity index is 2.42. The smallest absolute Gasteiger partial charge is 0.277 e. The highest BCUT2D eigenvalue weighted by Crippen LogP contribution is 2.21. The quantitative estimate of drug-likeness (QED) is 0.671. The molecule has 17 heavy (non-hydrogen) atoms. The Labute approximate surface area is 109 Å². The fourth-order valence-corrected chi connectivity index (χ4v) is 1.34. The van der Waals surface area contributed by atoms with Gasteiger partial charge >= 0.3 is 0 Å². The highest BCUT2D eigenvalue weighted by molar-refractivity contribution is 9.10. The molecule has 4 nitrogen and oxygen atoms in total. The highest BCUT2D eigenvalue weighted by Gasteiger charge is 2.02. The normalized spacial score (nSPS) is 10.5. The van der Waals surface area contributed by atoms with Crippen molar-refractivity contribution in [1.29, 1.82) is 0 Å². The van der Waals surface area contributed by atoms with Gasteiger partial charge in [-0.1, -0.05) is 22.9 Å². The highest BCUT2D eigenvalue weighted by atomic mass is 79.9. The third-order valence-electron chi connectivity index (χ3n) is 1.96. The molecule has 5 heteroatoms. The van der Waals surface area contributed by atoms with Gasteiger partial charge in [-0.3, -0.25) is 4.79 Å². The number of ether oxygens (including phenoxy) is 1. The lowest BCUT2D eigenvalue weighted by Crippen LogP contribution is -2.24. The number of halogens is 1. The number of hydrogen-bond acceptors (Lipinski definition) is 3. The van der Waals surface area contributed by atoms with E-state index < -0.39 is 0 Å². The average Bonchev–Trinajstić information content (AvgIpc) is 2.31. The molecule has 0 radical (unpaired) electrons. The molecule has 92 valence electrons. The zero-order valence-corrected chi connectivity index (χ0v) is 11.5. The van der Waals surface area contributed by atoms with Crippen molar-refractivity contribution in [2.24, 2.45) is 5.10 Å². The summed E-state index contributed by atoms with van der Waals surface area (Å²) in [4.78, 5) is 11.3. The number of hydrazone groups is 1. The second kappa shape index (κ2) is 7.06. The lowest BCUT2D eigenvalue weighted by molar-refractivity contribution is -0.123. The van der Waals surface area contributed by atoms with Gasteiger partial charge < -0.3 is 4.74 Å². The topological polar surface area (TPSA) is 50.7 Å². The van der Waals surface area contributed by atoms with Crippen LogP contribution in [0, 0.1) is 6.92 Å².